The smallest absolute Gasteiger partial charge is 0.264 e. The lowest BCUT2D eigenvalue weighted by Gasteiger charge is -2.20. The first-order valence-corrected chi connectivity index (χ1v) is 14.5. The molecule has 4 rings (SSSR count). The minimum atomic E-state index is -3.87. The number of aliphatic hydroxyl groups is 1. The van der Waals surface area contributed by atoms with Gasteiger partial charge in [-0.2, -0.15) is 0 Å². The first-order valence-electron chi connectivity index (χ1n) is 11.7. The monoisotopic (exact) mass is 588 g/mol. The molecule has 4 aromatic rings. The maximum absolute atomic E-state index is 12.9. The van der Waals surface area contributed by atoms with E-state index in [1.54, 1.807) is 30.3 Å². The molecule has 4 aromatic carbocycles. The predicted molar refractivity (Wildman–Crippen MR) is 148 cm³/mol. The van der Waals surface area contributed by atoms with Crippen molar-refractivity contribution >= 4 is 37.7 Å². The predicted octanol–water partition coefficient (Wildman–Crippen LogP) is 4.61. The van der Waals surface area contributed by atoms with E-state index in [0.29, 0.717) is 23.2 Å². The summed E-state index contributed by atoms with van der Waals surface area (Å²) < 4.78 is 77.8. The molecule has 0 atom stereocenters. The van der Waals surface area contributed by atoms with Crippen molar-refractivity contribution in [1.82, 2.24) is 0 Å². The number of benzene rings is 4. The number of aliphatic hydroxyl groups excluding tert-OH is 1. The largest absolute Gasteiger partial charge is 0.392 e. The van der Waals surface area contributed by atoms with E-state index in [1.807, 2.05) is 0 Å². The fourth-order valence-corrected chi connectivity index (χ4v) is 6.34. The zero-order valence-electron chi connectivity index (χ0n) is 21.5. The van der Waals surface area contributed by atoms with Crippen molar-refractivity contribution in [3.63, 3.8) is 0 Å². The minimum Gasteiger partial charge on any atom is -0.392 e. The lowest BCUT2D eigenvalue weighted by molar-refractivity contribution is 0.112. The van der Waals surface area contributed by atoms with Gasteiger partial charge in [-0.1, -0.05) is 36.4 Å². The normalized spacial score (nSPS) is 11.2. The Bertz CT molecular complexity index is 1680. The van der Waals surface area contributed by atoms with Crippen LogP contribution in [0.2, 0.25) is 0 Å². The van der Waals surface area contributed by atoms with E-state index in [-0.39, 0.29) is 22.0 Å². The number of hydrogen-bond donors (Lipinski definition) is 1. The third kappa shape index (κ3) is 6.71. The molecular formula is C28H26F2N2O6S2. The number of anilines is 2. The summed E-state index contributed by atoms with van der Waals surface area (Å²) in [6.45, 7) is -0.368. The van der Waals surface area contributed by atoms with Gasteiger partial charge in [0.1, 0.15) is 11.6 Å². The van der Waals surface area contributed by atoms with Crippen LogP contribution >= 0.6 is 0 Å². The van der Waals surface area contributed by atoms with Crippen LogP contribution in [0.25, 0.3) is 0 Å². The molecule has 12 heteroatoms. The average molecular weight is 589 g/mol. The summed E-state index contributed by atoms with van der Waals surface area (Å²) in [4.78, 5) is 10.9. The van der Waals surface area contributed by atoms with Gasteiger partial charge in [-0.3, -0.25) is 13.4 Å². The summed E-state index contributed by atoms with van der Waals surface area (Å²) >= 11 is 0. The molecule has 0 saturated carbocycles. The van der Waals surface area contributed by atoms with Crippen molar-refractivity contribution in [2.75, 3.05) is 22.7 Å². The summed E-state index contributed by atoms with van der Waals surface area (Å²) in [7, 11) is -4.93. The Kier molecular flexibility index (Phi) is 9.74. The summed E-state index contributed by atoms with van der Waals surface area (Å²) in [5.74, 6) is -0.886. The number of halogens is 2. The second-order valence-corrected chi connectivity index (χ2v) is 12.2. The zero-order valence-corrected chi connectivity index (χ0v) is 23.1. The zero-order chi connectivity index (χ0) is 29.5. The van der Waals surface area contributed by atoms with Crippen LogP contribution in [0.15, 0.2) is 107 Å². The van der Waals surface area contributed by atoms with Gasteiger partial charge in [-0.15, -0.1) is 0 Å². The summed E-state index contributed by atoms with van der Waals surface area (Å²) in [5.41, 5.74) is 1.06. The number of sulfonamides is 2. The van der Waals surface area contributed by atoms with E-state index in [9.17, 15) is 35.5 Å². The third-order valence-electron chi connectivity index (χ3n) is 5.85. The maximum Gasteiger partial charge on any atom is 0.264 e. The fourth-order valence-electron chi connectivity index (χ4n) is 3.57. The van der Waals surface area contributed by atoms with Gasteiger partial charge in [0.2, 0.25) is 0 Å². The van der Waals surface area contributed by atoms with Gasteiger partial charge in [-0.25, -0.2) is 25.6 Å². The number of carbonyl (C=O) groups excluding carboxylic acids is 1. The van der Waals surface area contributed by atoms with Crippen molar-refractivity contribution in [1.29, 1.82) is 0 Å². The van der Waals surface area contributed by atoms with E-state index in [0.717, 1.165) is 8.61 Å². The van der Waals surface area contributed by atoms with Crippen molar-refractivity contribution in [3.05, 3.63) is 120 Å². The number of aldehydes is 1. The molecule has 0 aliphatic rings. The summed E-state index contributed by atoms with van der Waals surface area (Å²) in [6, 6.07) is 22.4. The van der Waals surface area contributed by atoms with Crippen molar-refractivity contribution in [2.24, 2.45) is 0 Å². The molecule has 0 bridgehead atoms. The van der Waals surface area contributed by atoms with Crippen LogP contribution < -0.4 is 8.61 Å². The van der Waals surface area contributed by atoms with E-state index < -0.39 is 31.7 Å². The van der Waals surface area contributed by atoms with Gasteiger partial charge in [0.25, 0.3) is 20.0 Å². The molecule has 0 spiro atoms. The Balaban J connectivity index is 0.000000220. The van der Waals surface area contributed by atoms with Crippen LogP contribution in [0.3, 0.4) is 0 Å². The van der Waals surface area contributed by atoms with Crippen LogP contribution in [0.5, 0.6) is 0 Å². The molecule has 1 N–H and O–H groups in total. The molecular weight excluding hydrogens is 562 g/mol. The van der Waals surface area contributed by atoms with Gasteiger partial charge < -0.3 is 5.11 Å². The Morgan fingerprint density at radius 2 is 1.05 bits per heavy atom. The second-order valence-electron chi connectivity index (χ2n) is 8.32. The van der Waals surface area contributed by atoms with Gasteiger partial charge in [-0.05, 0) is 66.2 Å². The molecule has 0 aliphatic carbocycles. The molecule has 0 heterocycles. The maximum atomic E-state index is 12.9. The first kappa shape index (κ1) is 30.4. The van der Waals surface area contributed by atoms with Crippen LogP contribution in [0, 0.1) is 11.6 Å². The lowest BCUT2D eigenvalue weighted by atomic mass is 10.2. The number of hydrogen-bond acceptors (Lipinski definition) is 6. The van der Waals surface area contributed by atoms with Crippen molar-refractivity contribution < 1.29 is 35.5 Å². The highest BCUT2D eigenvalue weighted by Crippen LogP contribution is 2.25. The van der Waals surface area contributed by atoms with Crippen molar-refractivity contribution in [2.45, 2.75) is 16.4 Å². The Hall–Kier alpha value is -4.13. The average Bonchev–Trinajstić information content (AvgIpc) is 2.97. The molecule has 210 valence electrons. The highest BCUT2D eigenvalue weighted by atomic mass is 32.2. The standard InChI is InChI=1S/C14H14FNO3S.C14H12FNO3S/c2*1-16(13-8-6-12(15)7-9-13)20(18,19)14-5-3-2-4-11(14)10-17/h2-9,17H,10H2,1H3;2-10H,1H3. The first-order chi connectivity index (χ1) is 18.9. The van der Waals surface area contributed by atoms with E-state index >= 15 is 0 Å². The molecule has 8 nitrogen and oxygen atoms in total. The number of carbonyl (C=O) groups is 1. The van der Waals surface area contributed by atoms with E-state index in [4.69, 9.17) is 0 Å². The topological polar surface area (TPSA) is 112 Å². The van der Waals surface area contributed by atoms with Gasteiger partial charge in [0.05, 0.1) is 27.8 Å². The highest BCUT2D eigenvalue weighted by molar-refractivity contribution is 7.93. The summed E-state index contributed by atoms with van der Waals surface area (Å²) in [5, 5.41) is 9.24. The lowest BCUT2D eigenvalue weighted by Crippen LogP contribution is -2.27. The van der Waals surface area contributed by atoms with Gasteiger partial charge in [0.15, 0.2) is 6.29 Å². The molecule has 0 fully saturated rings. The van der Waals surface area contributed by atoms with E-state index in [2.05, 4.69) is 0 Å². The Morgan fingerprint density at radius 3 is 1.50 bits per heavy atom. The van der Waals surface area contributed by atoms with Crippen LogP contribution in [0.4, 0.5) is 20.2 Å². The van der Waals surface area contributed by atoms with Crippen molar-refractivity contribution in [3.8, 4) is 0 Å². The SMILES string of the molecule is CN(c1ccc(F)cc1)S(=O)(=O)c1ccccc1C=O.CN(c1ccc(F)cc1)S(=O)(=O)c1ccccc1CO. The molecule has 0 aromatic heterocycles. The van der Waals surface area contributed by atoms with Gasteiger partial charge >= 0.3 is 0 Å². The molecule has 0 amide bonds. The Morgan fingerprint density at radius 1 is 0.650 bits per heavy atom. The second kappa shape index (κ2) is 12.8. The molecule has 0 radical (unpaired) electrons. The van der Waals surface area contributed by atoms with Crippen LogP contribution in [-0.4, -0.2) is 42.3 Å². The minimum absolute atomic E-state index is 0.0364. The molecule has 40 heavy (non-hydrogen) atoms. The fraction of sp³-hybridized carbons (Fsp3) is 0.107. The van der Waals surface area contributed by atoms with Gasteiger partial charge in [0, 0.05) is 19.7 Å². The quantitative estimate of drug-likeness (QED) is 0.301. The van der Waals surface area contributed by atoms with Crippen LogP contribution in [0.1, 0.15) is 15.9 Å². The van der Waals surface area contributed by atoms with Crippen LogP contribution in [-0.2, 0) is 26.7 Å². The number of nitrogens with zero attached hydrogens (tertiary/aromatic N) is 2. The highest BCUT2D eigenvalue weighted by Gasteiger charge is 2.25. The molecule has 0 aliphatic heterocycles. The Labute approximate surface area is 231 Å². The summed E-state index contributed by atoms with van der Waals surface area (Å²) in [6.07, 6.45) is 0.491. The third-order valence-corrected chi connectivity index (χ3v) is 9.59. The van der Waals surface area contributed by atoms with E-state index in [1.165, 1.54) is 80.8 Å². The number of rotatable bonds is 8. The molecule has 0 saturated heterocycles. The molecule has 0 unspecified atom stereocenters.